The zero-order valence-electron chi connectivity index (χ0n) is 15.4. The molecule has 2 aliphatic rings. The summed E-state index contributed by atoms with van der Waals surface area (Å²) in [5.41, 5.74) is 0.266. The summed E-state index contributed by atoms with van der Waals surface area (Å²) in [5.74, 6) is -0.148. The van der Waals surface area contributed by atoms with Crippen LogP contribution in [0, 0.1) is 0 Å². The van der Waals surface area contributed by atoms with Gasteiger partial charge in [0.15, 0.2) is 6.54 Å². The molecule has 1 N–H and O–H groups in total. The summed E-state index contributed by atoms with van der Waals surface area (Å²) < 4.78 is 39.9. The lowest BCUT2D eigenvalue weighted by molar-refractivity contribution is -0.891. The van der Waals surface area contributed by atoms with E-state index in [0.717, 1.165) is 43.0 Å². The van der Waals surface area contributed by atoms with Crippen LogP contribution in [0.3, 0.4) is 0 Å². The molecule has 4 rings (SSSR count). The molecule has 2 aliphatic heterocycles. The van der Waals surface area contributed by atoms with Crippen molar-refractivity contribution in [2.24, 2.45) is 0 Å². The Bertz CT molecular complexity index is 876. The number of likely N-dealkylation sites (tertiary alicyclic amines) is 1. The van der Waals surface area contributed by atoms with Crippen molar-refractivity contribution in [1.82, 2.24) is 0 Å². The maximum absolute atomic E-state index is 13.3. The lowest BCUT2D eigenvalue weighted by Gasteiger charge is -2.32. The van der Waals surface area contributed by atoms with Crippen molar-refractivity contribution in [3.05, 3.63) is 48.0 Å². The standard InChI is InChI=1S/C21H21F3N2OS/c22-21(23,24)15-9-10-19-17(13-15)26(16-7-3-4-8-18(16)28-19)20(27)14-25-11-5-1-2-6-12-25/h3-4,7-10,13H,1-2,5-6,11-12,14H2/p+1. The van der Waals surface area contributed by atoms with Gasteiger partial charge in [0, 0.05) is 9.79 Å². The number of nitrogens with zero attached hydrogens (tertiary/aromatic N) is 1. The van der Waals surface area contributed by atoms with Crippen LogP contribution in [-0.4, -0.2) is 25.5 Å². The molecule has 0 unspecified atom stereocenters. The molecule has 2 aromatic carbocycles. The van der Waals surface area contributed by atoms with Gasteiger partial charge in [-0.3, -0.25) is 9.69 Å². The van der Waals surface area contributed by atoms with E-state index in [1.807, 2.05) is 18.2 Å². The number of carbonyl (C=O) groups is 1. The summed E-state index contributed by atoms with van der Waals surface area (Å²) in [6.45, 7) is 2.17. The Balaban J connectivity index is 1.71. The van der Waals surface area contributed by atoms with Crippen molar-refractivity contribution < 1.29 is 22.9 Å². The summed E-state index contributed by atoms with van der Waals surface area (Å²) in [6, 6.07) is 11.1. The SMILES string of the molecule is O=C(C[NH+]1CCCCCC1)N1c2ccccc2Sc2ccc(C(F)(F)F)cc21. The Labute approximate surface area is 166 Å². The quantitative estimate of drug-likeness (QED) is 0.803. The fourth-order valence-electron chi connectivity index (χ4n) is 3.90. The topological polar surface area (TPSA) is 24.8 Å². The Morgan fingerprint density at radius 1 is 0.964 bits per heavy atom. The van der Waals surface area contributed by atoms with Gasteiger partial charge in [-0.05, 0) is 56.0 Å². The molecule has 3 nitrogen and oxygen atoms in total. The fourth-order valence-corrected chi connectivity index (χ4v) is 4.94. The fraction of sp³-hybridized carbons (Fsp3) is 0.381. The number of alkyl halides is 3. The number of rotatable bonds is 2. The third-order valence-corrected chi connectivity index (χ3v) is 6.44. The molecule has 2 aromatic rings. The van der Waals surface area contributed by atoms with Gasteiger partial charge in [-0.25, -0.2) is 0 Å². The summed E-state index contributed by atoms with van der Waals surface area (Å²) in [4.78, 5) is 17.5. The Kier molecular flexibility index (Phi) is 5.38. The molecule has 0 saturated carbocycles. The molecule has 1 amide bonds. The van der Waals surface area contributed by atoms with E-state index in [-0.39, 0.29) is 5.91 Å². The molecule has 0 aromatic heterocycles. The lowest BCUT2D eigenvalue weighted by atomic mass is 10.1. The first kappa shape index (κ1) is 19.3. The number of hydrogen-bond donors (Lipinski definition) is 1. The van der Waals surface area contributed by atoms with Crippen molar-refractivity contribution >= 4 is 29.0 Å². The number of fused-ring (bicyclic) bond motifs is 2. The van der Waals surface area contributed by atoms with Crippen molar-refractivity contribution in [2.75, 3.05) is 24.5 Å². The zero-order chi connectivity index (χ0) is 19.7. The molecule has 1 fully saturated rings. The van der Waals surface area contributed by atoms with Gasteiger partial charge in [-0.2, -0.15) is 13.2 Å². The largest absolute Gasteiger partial charge is 0.416 e. The number of quaternary nitrogens is 1. The van der Waals surface area contributed by atoms with Crippen LogP contribution in [0.2, 0.25) is 0 Å². The first-order valence-electron chi connectivity index (χ1n) is 9.58. The van der Waals surface area contributed by atoms with Crippen LogP contribution in [0.5, 0.6) is 0 Å². The minimum Gasteiger partial charge on any atom is -0.327 e. The highest BCUT2D eigenvalue weighted by molar-refractivity contribution is 7.99. The molecule has 7 heteroatoms. The van der Waals surface area contributed by atoms with Gasteiger partial charge in [0.2, 0.25) is 0 Å². The number of hydrogen-bond acceptors (Lipinski definition) is 2. The maximum atomic E-state index is 13.3. The summed E-state index contributed by atoms with van der Waals surface area (Å²) >= 11 is 1.40. The highest BCUT2D eigenvalue weighted by Crippen LogP contribution is 2.49. The van der Waals surface area contributed by atoms with Crippen molar-refractivity contribution in [3.63, 3.8) is 0 Å². The van der Waals surface area contributed by atoms with Crippen molar-refractivity contribution in [1.29, 1.82) is 0 Å². The first-order chi connectivity index (χ1) is 13.4. The second-order valence-electron chi connectivity index (χ2n) is 7.32. The minimum atomic E-state index is -4.44. The molecule has 148 valence electrons. The molecule has 0 radical (unpaired) electrons. The average Bonchev–Trinajstić information content (AvgIpc) is 2.93. The number of anilines is 2. The Morgan fingerprint density at radius 3 is 2.36 bits per heavy atom. The van der Waals surface area contributed by atoms with Crippen LogP contribution >= 0.6 is 11.8 Å². The third kappa shape index (κ3) is 3.91. The predicted octanol–water partition coefficient (Wildman–Crippen LogP) is 4.29. The van der Waals surface area contributed by atoms with Gasteiger partial charge in [0.05, 0.1) is 30.0 Å². The monoisotopic (exact) mass is 407 g/mol. The van der Waals surface area contributed by atoms with Gasteiger partial charge in [-0.15, -0.1) is 0 Å². The number of carbonyl (C=O) groups excluding carboxylic acids is 1. The van der Waals surface area contributed by atoms with E-state index in [1.54, 1.807) is 6.07 Å². The molecular weight excluding hydrogens is 385 g/mol. The minimum absolute atomic E-state index is 0.148. The Hall–Kier alpha value is -1.99. The number of nitrogens with one attached hydrogen (secondary N) is 1. The second-order valence-corrected chi connectivity index (χ2v) is 8.40. The predicted molar refractivity (Wildman–Crippen MR) is 103 cm³/mol. The molecule has 0 bridgehead atoms. The molecule has 2 heterocycles. The highest BCUT2D eigenvalue weighted by atomic mass is 32.2. The van der Waals surface area contributed by atoms with E-state index in [9.17, 15) is 18.0 Å². The lowest BCUT2D eigenvalue weighted by Crippen LogP contribution is -3.13. The van der Waals surface area contributed by atoms with E-state index in [4.69, 9.17) is 0 Å². The Morgan fingerprint density at radius 2 is 1.64 bits per heavy atom. The average molecular weight is 407 g/mol. The highest BCUT2D eigenvalue weighted by Gasteiger charge is 2.35. The van der Waals surface area contributed by atoms with Gasteiger partial charge < -0.3 is 4.90 Å². The third-order valence-electron chi connectivity index (χ3n) is 5.31. The normalized spacial score (nSPS) is 17.6. The maximum Gasteiger partial charge on any atom is 0.416 e. The molecule has 28 heavy (non-hydrogen) atoms. The van der Waals surface area contributed by atoms with Gasteiger partial charge in [-0.1, -0.05) is 23.9 Å². The summed E-state index contributed by atoms with van der Waals surface area (Å²) in [7, 11) is 0. The first-order valence-corrected chi connectivity index (χ1v) is 10.4. The summed E-state index contributed by atoms with van der Waals surface area (Å²) in [5, 5.41) is 0. The van der Waals surface area contributed by atoms with Crippen LogP contribution in [0.25, 0.3) is 0 Å². The molecule has 0 spiro atoms. The molecule has 1 saturated heterocycles. The van der Waals surface area contributed by atoms with Gasteiger partial charge >= 0.3 is 6.18 Å². The van der Waals surface area contributed by atoms with Gasteiger partial charge in [0.1, 0.15) is 0 Å². The second kappa shape index (κ2) is 7.79. The number of amides is 1. The number of para-hydroxylation sites is 1. The molecule has 0 aliphatic carbocycles. The molecule has 0 atom stereocenters. The van der Waals surface area contributed by atoms with E-state index in [1.165, 1.54) is 40.5 Å². The van der Waals surface area contributed by atoms with Gasteiger partial charge in [0.25, 0.3) is 5.91 Å². The van der Waals surface area contributed by atoms with Crippen molar-refractivity contribution in [3.8, 4) is 0 Å². The zero-order valence-corrected chi connectivity index (χ0v) is 16.2. The van der Waals surface area contributed by atoms with Crippen LogP contribution in [0.15, 0.2) is 52.3 Å². The number of halogens is 3. The van der Waals surface area contributed by atoms with Crippen LogP contribution in [0.4, 0.5) is 24.5 Å². The van der Waals surface area contributed by atoms with E-state index >= 15 is 0 Å². The van der Waals surface area contributed by atoms with E-state index < -0.39 is 11.7 Å². The van der Waals surface area contributed by atoms with Crippen molar-refractivity contribution in [2.45, 2.75) is 41.7 Å². The smallest absolute Gasteiger partial charge is 0.327 e. The van der Waals surface area contributed by atoms with E-state index in [0.29, 0.717) is 22.8 Å². The number of benzene rings is 2. The molecular formula is C21H22F3N2OS+. The van der Waals surface area contributed by atoms with Crippen LogP contribution < -0.4 is 9.80 Å². The van der Waals surface area contributed by atoms with Crippen LogP contribution in [0.1, 0.15) is 31.2 Å². The summed E-state index contributed by atoms with van der Waals surface area (Å²) in [6.07, 6.45) is 0.0897. The van der Waals surface area contributed by atoms with Crippen LogP contribution in [-0.2, 0) is 11.0 Å². The van der Waals surface area contributed by atoms with E-state index in [2.05, 4.69) is 0 Å².